The molecule has 0 saturated carbocycles. The molecule has 0 aliphatic heterocycles. The third-order valence-electron chi connectivity index (χ3n) is 1.90. The zero-order valence-corrected chi connectivity index (χ0v) is 10.6. The Morgan fingerprint density at radius 2 is 2.24 bits per heavy atom. The SMILES string of the molecule is CSc1ncc(Cl)c(C(=O)NC(CO)CO)n1. The Morgan fingerprint density at radius 1 is 1.59 bits per heavy atom. The molecule has 0 spiro atoms. The van der Waals surface area contributed by atoms with Gasteiger partial charge in [0.2, 0.25) is 0 Å². The summed E-state index contributed by atoms with van der Waals surface area (Å²) in [5.41, 5.74) is 0.0258. The molecule has 1 rings (SSSR count). The number of carbonyl (C=O) groups excluding carboxylic acids is 1. The van der Waals surface area contributed by atoms with Gasteiger partial charge in [0.1, 0.15) is 0 Å². The number of amides is 1. The molecule has 0 aromatic carbocycles. The Hall–Kier alpha value is -0.890. The molecule has 6 nitrogen and oxygen atoms in total. The van der Waals surface area contributed by atoms with Gasteiger partial charge in [0.05, 0.1) is 30.5 Å². The van der Waals surface area contributed by atoms with Crippen LogP contribution in [0, 0.1) is 0 Å². The number of thioether (sulfide) groups is 1. The van der Waals surface area contributed by atoms with Crippen molar-refractivity contribution < 1.29 is 15.0 Å². The van der Waals surface area contributed by atoms with Gasteiger partial charge in [-0.15, -0.1) is 0 Å². The van der Waals surface area contributed by atoms with Crippen LogP contribution < -0.4 is 5.32 Å². The molecule has 1 heterocycles. The zero-order valence-electron chi connectivity index (χ0n) is 9.05. The summed E-state index contributed by atoms with van der Waals surface area (Å²) < 4.78 is 0. The van der Waals surface area contributed by atoms with Crippen LogP contribution in [0.25, 0.3) is 0 Å². The average molecular weight is 278 g/mol. The quantitative estimate of drug-likeness (QED) is 0.515. The fourth-order valence-corrected chi connectivity index (χ4v) is 1.53. The fraction of sp³-hybridized carbons (Fsp3) is 0.444. The molecule has 8 heteroatoms. The highest BCUT2D eigenvalue weighted by atomic mass is 35.5. The van der Waals surface area contributed by atoms with Crippen LogP contribution in [0.2, 0.25) is 5.02 Å². The lowest BCUT2D eigenvalue weighted by molar-refractivity contribution is 0.0873. The number of halogens is 1. The van der Waals surface area contributed by atoms with E-state index in [0.717, 1.165) is 0 Å². The fourth-order valence-electron chi connectivity index (χ4n) is 1.01. The monoisotopic (exact) mass is 277 g/mol. The van der Waals surface area contributed by atoms with Crippen LogP contribution in [0.5, 0.6) is 0 Å². The Morgan fingerprint density at radius 3 is 2.76 bits per heavy atom. The van der Waals surface area contributed by atoms with E-state index in [4.69, 9.17) is 21.8 Å². The number of hydrogen-bond donors (Lipinski definition) is 3. The number of aliphatic hydroxyl groups is 2. The van der Waals surface area contributed by atoms with E-state index in [1.807, 2.05) is 0 Å². The summed E-state index contributed by atoms with van der Waals surface area (Å²) >= 11 is 7.08. The Balaban J connectivity index is 2.87. The van der Waals surface area contributed by atoms with Crippen molar-refractivity contribution in [2.45, 2.75) is 11.2 Å². The molecular formula is C9H12ClN3O3S. The van der Waals surface area contributed by atoms with E-state index in [-0.39, 0.29) is 23.9 Å². The van der Waals surface area contributed by atoms with Crippen LogP contribution in [0.4, 0.5) is 0 Å². The Labute approximate surface area is 107 Å². The van der Waals surface area contributed by atoms with Crippen LogP contribution >= 0.6 is 23.4 Å². The molecule has 0 radical (unpaired) electrons. The molecule has 0 atom stereocenters. The number of hydrogen-bond acceptors (Lipinski definition) is 6. The van der Waals surface area contributed by atoms with Crippen molar-refractivity contribution in [1.82, 2.24) is 15.3 Å². The number of aromatic nitrogens is 2. The number of nitrogens with zero attached hydrogens (tertiary/aromatic N) is 2. The molecule has 0 aliphatic rings. The first kappa shape index (κ1) is 14.2. The summed E-state index contributed by atoms with van der Waals surface area (Å²) in [5.74, 6) is -0.555. The van der Waals surface area contributed by atoms with E-state index in [2.05, 4.69) is 15.3 Å². The molecule has 1 aromatic heterocycles. The maximum Gasteiger partial charge on any atom is 0.271 e. The molecule has 3 N–H and O–H groups in total. The van der Waals surface area contributed by atoms with E-state index in [1.54, 1.807) is 6.26 Å². The summed E-state index contributed by atoms with van der Waals surface area (Å²) in [5, 5.41) is 20.6. The van der Waals surface area contributed by atoms with Gasteiger partial charge in [-0.2, -0.15) is 0 Å². The molecule has 0 saturated heterocycles. The summed E-state index contributed by atoms with van der Waals surface area (Å²) in [6.45, 7) is -0.722. The smallest absolute Gasteiger partial charge is 0.271 e. The molecule has 1 amide bonds. The van der Waals surface area contributed by atoms with Gasteiger partial charge in [0.25, 0.3) is 5.91 Å². The number of carbonyl (C=O) groups is 1. The van der Waals surface area contributed by atoms with Gasteiger partial charge < -0.3 is 15.5 Å². The predicted molar refractivity (Wildman–Crippen MR) is 64.2 cm³/mol. The second kappa shape index (κ2) is 6.75. The van der Waals surface area contributed by atoms with E-state index in [9.17, 15) is 4.79 Å². The van der Waals surface area contributed by atoms with Gasteiger partial charge in [-0.1, -0.05) is 23.4 Å². The molecule has 0 bridgehead atoms. The van der Waals surface area contributed by atoms with Crippen molar-refractivity contribution in [2.24, 2.45) is 0 Å². The number of rotatable bonds is 5. The van der Waals surface area contributed by atoms with Crippen molar-refractivity contribution in [3.63, 3.8) is 0 Å². The third-order valence-corrected chi connectivity index (χ3v) is 2.73. The molecule has 0 aliphatic carbocycles. The van der Waals surface area contributed by atoms with Crippen molar-refractivity contribution in [3.05, 3.63) is 16.9 Å². The topological polar surface area (TPSA) is 95.3 Å². The van der Waals surface area contributed by atoms with Crippen LogP contribution in [-0.2, 0) is 0 Å². The van der Waals surface area contributed by atoms with E-state index < -0.39 is 11.9 Å². The first-order valence-electron chi connectivity index (χ1n) is 4.71. The largest absolute Gasteiger partial charge is 0.394 e. The van der Waals surface area contributed by atoms with Gasteiger partial charge in [-0.05, 0) is 6.26 Å². The number of nitrogens with one attached hydrogen (secondary N) is 1. The summed E-state index contributed by atoms with van der Waals surface area (Å²) in [7, 11) is 0. The van der Waals surface area contributed by atoms with Crippen molar-refractivity contribution in [2.75, 3.05) is 19.5 Å². The van der Waals surface area contributed by atoms with Crippen molar-refractivity contribution in [3.8, 4) is 0 Å². The van der Waals surface area contributed by atoms with Gasteiger partial charge in [0.15, 0.2) is 10.9 Å². The van der Waals surface area contributed by atoms with Crippen LogP contribution in [-0.4, -0.2) is 51.6 Å². The van der Waals surface area contributed by atoms with Crippen molar-refractivity contribution in [1.29, 1.82) is 0 Å². The van der Waals surface area contributed by atoms with Gasteiger partial charge >= 0.3 is 0 Å². The maximum atomic E-state index is 11.7. The Bertz CT molecular complexity index is 401. The van der Waals surface area contributed by atoms with Crippen molar-refractivity contribution >= 4 is 29.3 Å². The zero-order chi connectivity index (χ0) is 12.8. The maximum absolute atomic E-state index is 11.7. The van der Waals surface area contributed by atoms with Gasteiger partial charge in [-0.25, -0.2) is 9.97 Å². The highest BCUT2D eigenvalue weighted by Crippen LogP contribution is 2.16. The summed E-state index contributed by atoms with van der Waals surface area (Å²) in [6, 6.07) is -0.730. The molecular weight excluding hydrogens is 266 g/mol. The first-order chi connectivity index (χ1) is 8.12. The van der Waals surface area contributed by atoms with E-state index >= 15 is 0 Å². The van der Waals surface area contributed by atoms with Crippen LogP contribution in [0.1, 0.15) is 10.5 Å². The summed E-state index contributed by atoms with van der Waals surface area (Å²) in [4.78, 5) is 19.6. The van der Waals surface area contributed by atoms with E-state index in [0.29, 0.717) is 5.16 Å². The lowest BCUT2D eigenvalue weighted by Gasteiger charge is -2.13. The second-order valence-electron chi connectivity index (χ2n) is 3.09. The molecule has 17 heavy (non-hydrogen) atoms. The summed E-state index contributed by atoms with van der Waals surface area (Å²) in [6.07, 6.45) is 3.11. The minimum atomic E-state index is -0.730. The lowest BCUT2D eigenvalue weighted by atomic mass is 10.3. The number of aliphatic hydroxyl groups excluding tert-OH is 2. The third kappa shape index (κ3) is 3.81. The van der Waals surface area contributed by atoms with Gasteiger partial charge in [-0.3, -0.25) is 4.79 Å². The van der Waals surface area contributed by atoms with E-state index in [1.165, 1.54) is 18.0 Å². The Kier molecular flexibility index (Phi) is 5.63. The second-order valence-corrected chi connectivity index (χ2v) is 4.27. The first-order valence-corrected chi connectivity index (χ1v) is 6.31. The minimum absolute atomic E-state index is 0.0258. The van der Waals surface area contributed by atoms with Crippen LogP contribution in [0.3, 0.4) is 0 Å². The highest BCUT2D eigenvalue weighted by molar-refractivity contribution is 7.98. The minimum Gasteiger partial charge on any atom is -0.394 e. The molecule has 0 unspecified atom stereocenters. The molecule has 94 valence electrons. The highest BCUT2D eigenvalue weighted by Gasteiger charge is 2.17. The van der Waals surface area contributed by atoms with Crippen LogP contribution in [0.15, 0.2) is 11.4 Å². The average Bonchev–Trinajstić information content (AvgIpc) is 2.36. The molecule has 1 aromatic rings. The predicted octanol–water partition coefficient (Wildman–Crippen LogP) is -0.0651. The van der Waals surface area contributed by atoms with Gasteiger partial charge in [0, 0.05) is 0 Å². The normalized spacial score (nSPS) is 10.6. The molecule has 0 fully saturated rings. The standard InChI is InChI=1S/C9H12ClN3O3S/c1-17-9-11-2-6(10)7(13-9)8(16)12-5(3-14)4-15/h2,5,14-15H,3-4H2,1H3,(H,12,16). The lowest BCUT2D eigenvalue weighted by Crippen LogP contribution is -2.40.